The highest BCUT2D eigenvalue weighted by Gasteiger charge is 2.38. The third-order valence-corrected chi connectivity index (χ3v) is 6.53. The molecule has 0 bridgehead atoms. The molecule has 1 unspecified atom stereocenters. The largest absolute Gasteiger partial charge is 0.490 e. The number of carbonyl (C=O) groups excluding carboxylic acids is 2. The summed E-state index contributed by atoms with van der Waals surface area (Å²) in [7, 11) is 0. The quantitative estimate of drug-likeness (QED) is 0.189. The summed E-state index contributed by atoms with van der Waals surface area (Å²) in [5.74, 6) is -3.18. The second-order valence-electron chi connectivity index (χ2n) is 8.85. The van der Waals surface area contributed by atoms with Crippen LogP contribution in [0.25, 0.3) is 10.9 Å². The lowest BCUT2D eigenvalue weighted by Gasteiger charge is -2.31. The van der Waals surface area contributed by atoms with Crippen molar-refractivity contribution in [1.82, 2.24) is 9.88 Å². The molecule has 0 spiro atoms. The second-order valence-corrected chi connectivity index (χ2v) is 9.76. The number of hydrogen-bond acceptors (Lipinski definition) is 4. The maximum atomic E-state index is 13.6. The first-order valence-corrected chi connectivity index (χ1v) is 13.3. The van der Waals surface area contributed by atoms with Gasteiger partial charge in [0.2, 0.25) is 5.91 Å². The molecule has 4 rings (SSSR count). The van der Waals surface area contributed by atoms with Crippen molar-refractivity contribution in [2.45, 2.75) is 25.1 Å². The van der Waals surface area contributed by atoms with Gasteiger partial charge in [-0.05, 0) is 47.9 Å². The number of carboxylic acid groups (broad SMARTS) is 1. The predicted octanol–water partition coefficient (Wildman–Crippen LogP) is 5.66. The number of fused-ring (bicyclic) bond motifs is 1. The van der Waals surface area contributed by atoms with Gasteiger partial charge in [-0.3, -0.25) is 9.59 Å². The second kappa shape index (κ2) is 14.5. The van der Waals surface area contributed by atoms with Gasteiger partial charge in [-0.15, -0.1) is 0 Å². The Labute approximate surface area is 242 Å². The summed E-state index contributed by atoms with van der Waals surface area (Å²) >= 11 is 3.46. The van der Waals surface area contributed by atoms with E-state index in [0.29, 0.717) is 18.7 Å². The normalized spacial score (nSPS) is 11.7. The first kappa shape index (κ1) is 31.4. The van der Waals surface area contributed by atoms with Crippen molar-refractivity contribution in [2.24, 2.45) is 5.73 Å². The van der Waals surface area contributed by atoms with Crippen molar-refractivity contribution in [3.05, 3.63) is 101 Å². The molecular formula is C29H28BrF3N4O4. The summed E-state index contributed by atoms with van der Waals surface area (Å²) < 4.78 is 32.6. The molecule has 5 N–H and O–H groups in total. The van der Waals surface area contributed by atoms with E-state index in [0.717, 1.165) is 26.5 Å². The first-order valence-electron chi connectivity index (χ1n) is 12.5. The fraction of sp³-hybridized carbons (Fsp3) is 0.207. The highest BCUT2D eigenvalue weighted by molar-refractivity contribution is 9.10. The van der Waals surface area contributed by atoms with Gasteiger partial charge in [0.25, 0.3) is 5.91 Å². The average Bonchev–Trinajstić information content (AvgIpc) is 3.35. The Morgan fingerprint density at radius 1 is 0.976 bits per heavy atom. The van der Waals surface area contributed by atoms with Crippen LogP contribution < -0.4 is 11.1 Å². The van der Waals surface area contributed by atoms with Crippen molar-refractivity contribution >= 4 is 50.3 Å². The van der Waals surface area contributed by atoms with Crippen LogP contribution in [0.4, 0.5) is 18.9 Å². The van der Waals surface area contributed by atoms with Gasteiger partial charge in [0.05, 0.1) is 0 Å². The number of hydrogen-bond donors (Lipinski definition) is 4. The molecule has 0 saturated carbocycles. The maximum Gasteiger partial charge on any atom is 0.490 e. The Hall–Kier alpha value is -4.16. The van der Waals surface area contributed by atoms with Gasteiger partial charge < -0.3 is 26.0 Å². The van der Waals surface area contributed by atoms with Crippen molar-refractivity contribution in [3.8, 4) is 0 Å². The molecule has 12 heteroatoms. The Balaban J connectivity index is 0.000000587. The van der Waals surface area contributed by atoms with Gasteiger partial charge in [-0.1, -0.05) is 64.5 Å². The smallest absolute Gasteiger partial charge is 0.475 e. The molecule has 216 valence electrons. The number of nitrogens with zero attached hydrogens (tertiary/aromatic N) is 1. The minimum absolute atomic E-state index is 0.154. The number of aromatic amines is 1. The molecular weight excluding hydrogens is 605 g/mol. The number of aromatic nitrogens is 1. The van der Waals surface area contributed by atoms with Gasteiger partial charge in [0.15, 0.2) is 0 Å². The van der Waals surface area contributed by atoms with E-state index in [9.17, 15) is 22.8 Å². The summed E-state index contributed by atoms with van der Waals surface area (Å²) in [6, 6.07) is 24.0. The third-order valence-electron chi connectivity index (χ3n) is 6.01. The minimum Gasteiger partial charge on any atom is -0.475 e. The fourth-order valence-electron chi connectivity index (χ4n) is 4.09. The summed E-state index contributed by atoms with van der Waals surface area (Å²) in [5, 5.41) is 11.2. The molecule has 2 amide bonds. The van der Waals surface area contributed by atoms with E-state index in [2.05, 4.69) is 32.3 Å². The Morgan fingerprint density at radius 2 is 1.59 bits per heavy atom. The van der Waals surface area contributed by atoms with Gasteiger partial charge in [0.1, 0.15) is 6.04 Å². The molecule has 0 aliphatic rings. The van der Waals surface area contributed by atoms with Crippen LogP contribution in [0.2, 0.25) is 0 Å². The third kappa shape index (κ3) is 8.92. The molecule has 8 nitrogen and oxygen atoms in total. The highest BCUT2D eigenvalue weighted by atomic mass is 79.9. The van der Waals surface area contributed by atoms with Gasteiger partial charge in [-0.2, -0.15) is 13.2 Å². The van der Waals surface area contributed by atoms with Crippen molar-refractivity contribution < 1.29 is 32.7 Å². The van der Waals surface area contributed by atoms with Crippen LogP contribution in [0.1, 0.15) is 23.6 Å². The summed E-state index contributed by atoms with van der Waals surface area (Å²) in [6.45, 7) is 0.597. The van der Waals surface area contributed by atoms with E-state index in [1.807, 2.05) is 79.0 Å². The maximum absolute atomic E-state index is 13.6. The molecule has 0 saturated heterocycles. The van der Waals surface area contributed by atoms with E-state index in [1.165, 1.54) is 0 Å². The van der Waals surface area contributed by atoms with Crippen LogP contribution in [0.3, 0.4) is 0 Å². The number of anilines is 1. The molecule has 1 heterocycles. The number of alkyl halides is 3. The number of aliphatic carboxylic acids is 1. The summed E-state index contributed by atoms with van der Waals surface area (Å²) in [6.07, 6.45) is -2.35. The van der Waals surface area contributed by atoms with Crippen LogP contribution >= 0.6 is 15.9 Å². The van der Waals surface area contributed by atoms with Crippen LogP contribution in [0.5, 0.6) is 0 Å². The zero-order chi connectivity index (χ0) is 30.0. The van der Waals surface area contributed by atoms with Crippen LogP contribution in [-0.4, -0.2) is 52.0 Å². The molecule has 0 aliphatic carbocycles. The minimum atomic E-state index is -5.08. The number of nitrogens with two attached hydrogens (primary N) is 1. The summed E-state index contributed by atoms with van der Waals surface area (Å²) in [4.78, 5) is 40.6. The molecule has 1 atom stereocenters. The van der Waals surface area contributed by atoms with E-state index in [1.54, 1.807) is 4.90 Å². The number of halogens is 4. The number of benzene rings is 3. The highest BCUT2D eigenvalue weighted by Crippen LogP contribution is 2.27. The Kier molecular flexibility index (Phi) is 11.1. The number of rotatable bonds is 9. The zero-order valence-electron chi connectivity index (χ0n) is 21.7. The van der Waals surface area contributed by atoms with Gasteiger partial charge in [0, 0.05) is 46.8 Å². The molecule has 4 aromatic rings. The number of carboxylic acids is 1. The Morgan fingerprint density at radius 3 is 2.20 bits per heavy atom. The van der Waals surface area contributed by atoms with Crippen molar-refractivity contribution in [2.75, 3.05) is 18.4 Å². The lowest BCUT2D eigenvalue weighted by Crippen LogP contribution is -2.43. The monoisotopic (exact) mass is 632 g/mol. The lowest BCUT2D eigenvalue weighted by molar-refractivity contribution is -0.192. The summed E-state index contributed by atoms with van der Waals surface area (Å²) in [5.41, 5.74) is 9.29. The van der Waals surface area contributed by atoms with Gasteiger partial charge >= 0.3 is 12.1 Å². The van der Waals surface area contributed by atoms with E-state index in [4.69, 9.17) is 15.6 Å². The SMILES string of the molecule is NCCC(=O)N(CCc1c[nH]c2ccccc12)C(C(=O)Nc1ccccc1)c1ccc(Br)cc1.O=C(O)C(F)(F)F. The molecule has 0 fully saturated rings. The standard InChI is InChI=1S/C27H27BrN4O2.C2HF3O2/c28-21-12-10-19(11-13-21)26(27(34)31-22-6-2-1-3-7-22)32(25(33)14-16-29)17-15-20-18-30-24-9-5-4-8-23(20)24;3-2(4,5)1(6)7/h1-13,18,26,30H,14-17,29H2,(H,31,34);(H,6,7). The molecule has 41 heavy (non-hydrogen) atoms. The van der Waals surface area contributed by atoms with Gasteiger partial charge in [-0.25, -0.2) is 4.79 Å². The van der Waals surface area contributed by atoms with Crippen molar-refractivity contribution in [1.29, 1.82) is 0 Å². The predicted molar refractivity (Wildman–Crippen MR) is 153 cm³/mol. The lowest BCUT2D eigenvalue weighted by atomic mass is 10.0. The van der Waals surface area contributed by atoms with Crippen LogP contribution in [0, 0.1) is 0 Å². The number of amides is 2. The molecule has 0 aliphatic heterocycles. The van der Waals surface area contributed by atoms with Crippen LogP contribution in [0.15, 0.2) is 89.5 Å². The Bertz CT molecular complexity index is 1460. The molecule has 1 aromatic heterocycles. The number of nitrogens with one attached hydrogen (secondary N) is 2. The number of para-hydroxylation sites is 2. The number of carbonyl (C=O) groups is 3. The zero-order valence-corrected chi connectivity index (χ0v) is 23.3. The van der Waals surface area contributed by atoms with E-state index in [-0.39, 0.29) is 24.8 Å². The van der Waals surface area contributed by atoms with Crippen LogP contribution in [-0.2, 0) is 20.8 Å². The number of H-pyrrole nitrogens is 1. The van der Waals surface area contributed by atoms with E-state index < -0.39 is 18.2 Å². The average molecular weight is 633 g/mol. The first-order chi connectivity index (χ1) is 19.5. The molecule has 0 radical (unpaired) electrons. The van der Waals surface area contributed by atoms with Crippen molar-refractivity contribution in [3.63, 3.8) is 0 Å². The topological polar surface area (TPSA) is 129 Å². The fourth-order valence-corrected chi connectivity index (χ4v) is 4.36. The van der Waals surface area contributed by atoms with E-state index >= 15 is 0 Å². The molecule has 3 aromatic carbocycles.